The van der Waals surface area contributed by atoms with E-state index in [9.17, 15) is 0 Å². The lowest BCUT2D eigenvalue weighted by Gasteiger charge is -2.28. The Morgan fingerprint density at radius 3 is 3.04 bits per heavy atom. The van der Waals surface area contributed by atoms with Gasteiger partial charge in [-0.2, -0.15) is 0 Å². The summed E-state index contributed by atoms with van der Waals surface area (Å²) in [5.74, 6) is 2.37. The molecule has 1 aromatic carbocycles. The topological polar surface area (TPSA) is 64.1 Å². The first-order chi connectivity index (χ1) is 12.4. The second-order valence-electron chi connectivity index (χ2n) is 6.53. The summed E-state index contributed by atoms with van der Waals surface area (Å²) in [4.78, 5) is 4.33. The number of rotatable bonds is 7. The van der Waals surface area contributed by atoms with Crippen LogP contribution in [0.2, 0.25) is 0 Å². The Kier molecular flexibility index (Phi) is 6.94. The van der Waals surface area contributed by atoms with Gasteiger partial charge in [-0.15, -0.1) is 0 Å². The normalized spacial score (nSPS) is 23.0. The Balaban J connectivity index is 1.36. The lowest BCUT2D eigenvalue weighted by Crippen LogP contribution is -2.41. The Bertz CT molecular complexity index is 559. The third kappa shape index (κ3) is 5.34. The van der Waals surface area contributed by atoms with Crippen LogP contribution in [-0.2, 0) is 9.47 Å². The molecule has 0 bridgehead atoms. The van der Waals surface area contributed by atoms with Crippen LogP contribution in [0.3, 0.4) is 0 Å². The first kappa shape index (κ1) is 18.0. The highest BCUT2D eigenvalue weighted by Gasteiger charge is 2.21. The zero-order chi connectivity index (χ0) is 17.3. The van der Waals surface area contributed by atoms with E-state index in [1.165, 1.54) is 5.56 Å². The molecule has 0 aliphatic carbocycles. The van der Waals surface area contributed by atoms with Crippen molar-refractivity contribution >= 4 is 5.96 Å². The van der Waals surface area contributed by atoms with Gasteiger partial charge >= 0.3 is 0 Å². The zero-order valence-corrected chi connectivity index (χ0v) is 15.0. The molecule has 2 aliphatic heterocycles. The summed E-state index contributed by atoms with van der Waals surface area (Å²) in [6, 6.07) is 8.41. The standard InChI is InChI=1S/C19H29N3O3/c1-20-19(21-9-4-10-23-13-15-7-11-24-14-15)22-17-8-12-25-18-6-3-2-5-16(17)18/h2-3,5-6,15,17H,4,7-14H2,1H3,(H2,20,21,22). The number of hydrogen-bond acceptors (Lipinski definition) is 4. The van der Waals surface area contributed by atoms with Crippen LogP contribution in [0.15, 0.2) is 29.3 Å². The average Bonchev–Trinajstić information content (AvgIpc) is 3.17. The Hall–Kier alpha value is -1.79. The number of fused-ring (bicyclic) bond motifs is 1. The summed E-state index contributed by atoms with van der Waals surface area (Å²) in [5, 5.41) is 6.87. The van der Waals surface area contributed by atoms with Gasteiger partial charge in [0.05, 0.1) is 25.9 Å². The molecule has 2 unspecified atom stereocenters. The van der Waals surface area contributed by atoms with E-state index in [1.54, 1.807) is 7.05 Å². The second kappa shape index (κ2) is 9.63. The van der Waals surface area contributed by atoms with E-state index in [-0.39, 0.29) is 6.04 Å². The van der Waals surface area contributed by atoms with E-state index in [0.717, 1.165) is 70.6 Å². The molecule has 25 heavy (non-hydrogen) atoms. The largest absolute Gasteiger partial charge is 0.493 e. The van der Waals surface area contributed by atoms with Gasteiger partial charge in [-0.1, -0.05) is 18.2 Å². The van der Waals surface area contributed by atoms with Crippen molar-refractivity contribution in [2.75, 3.05) is 46.6 Å². The maximum atomic E-state index is 5.73. The predicted molar refractivity (Wildman–Crippen MR) is 98.2 cm³/mol. The van der Waals surface area contributed by atoms with Gasteiger partial charge in [-0.05, 0) is 18.9 Å². The molecule has 2 N–H and O–H groups in total. The molecule has 138 valence electrons. The number of nitrogens with one attached hydrogen (secondary N) is 2. The third-order valence-corrected chi connectivity index (χ3v) is 4.63. The smallest absolute Gasteiger partial charge is 0.191 e. The molecule has 2 aliphatic rings. The molecule has 0 spiro atoms. The Labute approximate surface area is 149 Å². The Morgan fingerprint density at radius 1 is 1.28 bits per heavy atom. The third-order valence-electron chi connectivity index (χ3n) is 4.63. The highest BCUT2D eigenvalue weighted by molar-refractivity contribution is 5.80. The van der Waals surface area contributed by atoms with Crippen molar-refractivity contribution < 1.29 is 14.2 Å². The average molecular weight is 347 g/mol. The number of guanidine groups is 1. The van der Waals surface area contributed by atoms with Gasteiger partial charge in [-0.25, -0.2) is 0 Å². The van der Waals surface area contributed by atoms with Crippen molar-refractivity contribution in [3.63, 3.8) is 0 Å². The molecule has 0 saturated carbocycles. The molecule has 3 rings (SSSR count). The molecule has 2 atom stereocenters. The quantitative estimate of drug-likeness (QED) is 0.449. The fraction of sp³-hybridized carbons (Fsp3) is 0.632. The minimum Gasteiger partial charge on any atom is -0.493 e. The van der Waals surface area contributed by atoms with Gasteiger partial charge in [0.1, 0.15) is 5.75 Å². The van der Waals surface area contributed by atoms with Crippen LogP contribution in [0.5, 0.6) is 5.75 Å². The first-order valence-corrected chi connectivity index (χ1v) is 9.21. The van der Waals surface area contributed by atoms with Crippen molar-refractivity contribution in [2.45, 2.75) is 25.3 Å². The summed E-state index contributed by atoms with van der Waals surface area (Å²) in [6.07, 6.45) is 3.02. The van der Waals surface area contributed by atoms with E-state index >= 15 is 0 Å². The number of ether oxygens (including phenoxy) is 3. The molecule has 0 amide bonds. The minimum absolute atomic E-state index is 0.231. The summed E-state index contributed by atoms with van der Waals surface area (Å²) >= 11 is 0. The van der Waals surface area contributed by atoms with E-state index in [2.05, 4.69) is 21.7 Å². The van der Waals surface area contributed by atoms with Crippen LogP contribution < -0.4 is 15.4 Å². The highest BCUT2D eigenvalue weighted by Crippen LogP contribution is 2.31. The van der Waals surface area contributed by atoms with E-state index in [0.29, 0.717) is 5.92 Å². The van der Waals surface area contributed by atoms with Gasteiger partial charge in [-0.3, -0.25) is 4.99 Å². The van der Waals surface area contributed by atoms with E-state index in [1.807, 2.05) is 18.2 Å². The molecule has 0 aromatic heterocycles. The van der Waals surface area contributed by atoms with E-state index < -0.39 is 0 Å². The van der Waals surface area contributed by atoms with Crippen molar-refractivity contribution in [3.05, 3.63) is 29.8 Å². The molecule has 1 fully saturated rings. The van der Waals surface area contributed by atoms with Gasteiger partial charge in [0.15, 0.2) is 5.96 Å². The summed E-state index contributed by atoms with van der Waals surface area (Å²) in [7, 11) is 1.80. The fourth-order valence-electron chi connectivity index (χ4n) is 3.20. The highest BCUT2D eigenvalue weighted by atomic mass is 16.5. The molecule has 1 aromatic rings. The molecule has 0 radical (unpaired) electrons. The lowest BCUT2D eigenvalue weighted by atomic mass is 10.0. The van der Waals surface area contributed by atoms with Gasteiger partial charge < -0.3 is 24.8 Å². The van der Waals surface area contributed by atoms with Crippen LogP contribution in [0.1, 0.15) is 30.9 Å². The SMILES string of the molecule is CN=C(NCCCOCC1CCOC1)NC1CCOc2ccccc21. The minimum atomic E-state index is 0.231. The van der Waals surface area contributed by atoms with E-state index in [4.69, 9.17) is 14.2 Å². The summed E-state index contributed by atoms with van der Waals surface area (Å²) in [6.45, 7) is 4.87. The van der Waals surface area contributed by atoms with Crippen molar-refractivity contribution in [1.82, 2.24) is 10.6 Å². The summed E-state index contributed by atoms with van der Waals surface area (Å²) < 4.78 is 16.8. The van der Waals surface area contributed by atoms with Gasteiger partial charge in [0.2, 0.25) is 0 Å². The van der Waals surface area contributed by atoms with Crippen LogP contribution in [0.4, 0.5) is 0 Å². The molecule has 1 saturated heterocycles. The fourth-order valence-corrected chi connectivity index (χ4v) is 3.20. The van der Waals surface area contributed by atoms with Gasteiger partial charge in [0, 0.05) is 44.7 Å². The van der Waals surface area contributed by atoms with Crippen LogP contribution in [0.25, 0.3) is 0 Å². The maximum Gasteiger partial charge on any atom is 0.191 e. The number of para-hydroxylation sites is 1. The number of hydrogen-bond donors (Lipinski definition) is 2. The Morgan fingerprint density at radius 2 is 2.20 bits per heavy atom. The van der Waals surface area contributed by atoms with Crippen molar-refractivity contribution in [2.24, 2.45) is 10.9 Å². The predicted octanol–water partition coefficient (Wildman–Crippen LogP) is 2.12. The lowest BCUT2D eigenvalue weighted by molar-refractivity contribution is 0.0888. The van der Waals surface area contributed by atoms with Crippen molar-refractivity contribution in [1.29, 1.82) is 0 Å². The molecule has 2 heterocycles. The number of benzene rings is 1. The maximum absolute atomic E-state index is 5.73. The van der Waals surface area contributed by atoms with Crippen LogP contribution >= 0.6 is 0 Å². The second-order valence-corrected chi connectivity index (χ2v) is 6.53. The molecule has 6 heteroatoms. The molecule has 6 nitrogen and oxygen atoms in total. The number of aliphatic imine (C=N–C) groups is 1. The first-order valence-electron chi connectivity index (χ1n) is 9.21. The summed E-state index contributed by atoms with van der Waals surface area (Å²) in [5.41, 5.74) is 1.19. The number of nitrogens with zero attached hydrogens (tertiary/aromatic N) is 1. The molecular formula is C19H29N3O3. The molecular weight excluding hydrogens is 318 g/mol. The van der Waals surface area contributed by atoms with Crippen molar-refractivity contribution in [3.8, 4) is 5.75 Å². The zero-order valence-electron chi connectivity index (χ0n) is 15.0. The van der Waals surface area contributed by atoms with Gasteiger partial charge in [0.25, 0.3) is 0 Å². The monoisotopic (exact) mass is 347 g/mol. The van der Waals surface area contributed by atoms with Crippen LogP contribution in [-0.4, -0.2) is 52.6 Å². The van der Waals surface area contributed by atoms with Crippen LogP contribution in [0, 0.1) is 5.92 Å².